The number of aromatic nitrogens is 2. The predicted octanol–water partition coefficient (Wildman–Crippen LogP) is 2.58. The Hall–Kier alpha value is -2.76. The van der Waals surface area contributed by atoms with E-state index in [1.165, 1.54) is 0 Å². The molecule has 0 bridgehead atoms. The SMILES string of the molecule is Cc1ccc(C(=O)N2CCC[C@@H](C(=O)Nc3cccc(C)n3)C2)cn1. The van der Waals surface area contributed by atoms with Gasteiger partial charge >= 0.3 is 0 Å². The second kappa shape index (κ2) is 7.42. The van der Waals surface area contributed by atoms with Crippen molar-refractivity contribution in [2.45, 2.75) is 26.7 Å². The van der Waals surface area contributed by atoms with Gasteiger partial charge in [-0.2, -0.15) is 0 Å². The van der Waals surface area contributed by atoms with Crippen molar-refractivity contribution in [3.8, 4) is 0 Å². The molecule has 0 unspecified atom stereocenters. The smallest absolute Gasteiger partial charge is 0.255 e. The highest BCUT2D eigenvalue weighted by Gasteiger charge is 2.29. The molecule has 2 aromatic heterocycles. The largest absolute Gasteiger partial charge is 0.338 e. The van der Waals surface area contributed by atoms with Gasteiger partial charge in [0.1, 0.15) is 5.82 Å². The molecule has 130 valence electrons. The third-order valence-electron chi connectivity index (χ3n) is 4.38. The number of anilines is 1. The molecular weight excluding hydrogens is 316 g/mol. The summed E-state index contributed by atoms with van der Waals surface area (Å²) in [5.74, 6) is 0.172. The van der Waals surface area contributed by atoms with E-state index in [2.05, 4.69) is 15.3 Å². The van der Waals surface area contributed by atoms with Crippen molar-refractivity contribution in [2.75, 3.05) is 18.4 Å². The highest BCUT2D eigenvalue weighted by molar-refractivity contribution is 5.95. The Balaban J connectivity index is 1.65. The number of nitrogens with zero attached hydrogens (tertiary/aromatic N) is 3. The minimum atomic E-state index is -0.224. The van der Waals surface area contributed by atoms with Crippen molar-refractivity contribution in [2.24, 2.45) is 5.92 Å². The van der Waals surface area contributed by atoms with Gasteiger partial charge in [0.2, 0.25) is 5.91 Å². The molecule has 0 saturated carbocycles. The first kappa shape index (κ1) is 17.1. The lowest BCUT2D eigenvalue weighted by Gasteiger charge is -2.32. The maximum absolute atomic E-state index is 12.6. The lowest BCUT2D eigenvalue weighted by atomic mass is 9.96. The average Bonchev–Trinajstić information content (AvgIpc) is 2.62. The van der Waals surface area contributed by atoms with Crippen molar-refractivity contribution >= 4 is 17.6 Å². The molecule has 6 heteroatoms. The summed E-state index contributed by atoms with van der Waals surface area (Å²) in [4.78, 5) is 35.4. The molecule has 1 atom stereocenters. The van der Waals surface area contributed by atoms with E-state index < -0.39 is 0 Å². The maximum atomic E-state index is 12.6. The number of amides is 2. The summed E-state index contributed by atoms with van der Waals surface area (Å²) in [6.07, 6.45) is 3.18. The number of likely N-dealkylation sites (tertiary alicyclic amines) is 1. The number of aryl methyl sites for hydroxylation is 2. The monoisotopic (exact) mass is 338 g/mol. The zero-order valence-electron chi connectivity index (χ0n) is 14.5. The summed E-state index contributed by atoms with van der Waals surface area (Å²) in [5.41, 5.74) is 2.29. The van der Waals surface area contributed by atoms with Crippen molar-refractivity contribution in [1.29, 1.82) is 0 Å². The van der Waals surface area contributed by atoms with Gasteiger partial charge in [0.05, 0.1) is 11.5 Å². The van der Waals surface area contributed by atoms with E-state index in [-0.39, 0.29) is 17.7 Å². The molecule has 1 aliphatic rings. The Bertz CT molecular complexity index is 773. The normalized spacial score (nSPS) is 17.2. The van der Waals surface area contributed by atoms with Crippen LogP contribution in [0.5, 0.6) is 0 Å². The van der Waals surface area contributed by atoms with Crippen LogP contribution in [0, 0.1) is 19.8 Å². The van der Waals surface area contributed by atoms with Gasteiger partial charge in [-0.3, -0.25) is 14.6 Å². The van der Waals surface area contributed by atoms with Crippen LogP contribution in [0.2, 0.25) is 0 Å². The molecule has 0 radical (unpaired) electrons. The molecule has 0 aromatic carbocycles. The van der Waals surface area contributed by atoms with Gasteiger partial charge in [-0.1, -0.05) is 6.07 Å². The number of carbonyl (C=O) groups is 2. The van der Waals surface area contributed by atoms with E-state index in [4.69, 9.17) is 0 Å². The Kier molecular flexibility index (Phi) is 5.07. The van der Waals surface area contributed by atoms with E-state index in [1.54, 1.807) is 23.2 Å². The number of piperidine rings is 1. The highest BCUT2D eigenvalue weighted by atomic mass is 16.2. The number of hydrogen-bond acceptors (Lipinski definition) is 4. The molecule has 2 aromatic rings. The number of rotatable bonds is 3. The molecule has 25 heavy (non-hydrogen) atoms. The highest BCUT2D eigenvalue weighted by Crippen LogP contribution is 2.20. The third kappa shape index (κ3) is 4.21. The van der Waals surface area contributed by atoms with Gasteiger partial charge in [0, 0.05) is 30.7 Å². The van der Waals surface area contributed by atoms with E-state index in [9.17, 15) is 9.59 Å². The second-order valence-electron chi connectivity index (χ2n) is 6.43. The fourth-order valence-electron chi connectivity index (χ4n) is 2.99. The van der Waals surface area contributed by atoms with Crippen LogP contribution >= 0.6 is 0 Å². The van der Waals surface area contributed by atoms with Crippen LogP contribution in [-0.2, 0) is 4.79 Å². The molecule has 1 aliphatic heterocycles. The average molecular weight is 338 g/mol. The molecule has 0 spiro atoms. The molecule has 1 fully saturated rings. The Labute approximate surface area is 147 Å². The van der Waals surface area contributed by atoms with Crippen molar-refractivity contribution in [1.82, 2.24) is 14.9 Å². The van der Waals surface area contributed by atoms with Crippen LogP contribution in [0.15, 0.2) is 36.5 Å². The summed E-state index contributed by atoms with van der Waals surface area (Å²) >= 11 is 0. The number of pyridine rings is 2. The Morgan fingerprint density at radius 1 is 1.16 bits per heavy atom. The van der Waals surface area contributed by atoms with Crippen LogP contribution in [0.3, 0.4) is 0 Å². The van der Waals surface area contributed by atoms with E-state index in [1.807, 2.05) is 32.0 Å². The fraction of sp³-hybridized carbons (Fsp3) is 0.368. The van der Waals surface area contributed by atoms with Crippen molar-refractivity contribution in [3.05, 3.63) is 53.5 Å². The first-order valence-corrected chi connectivity index (χ1v) is 8.49. The fourth-order valence-corrected chi connectivity index (χ4v) is 2.99. The summed E-state index contributed by atoms with van der Waals surface area (Å²) in [5, 5.41) is 2.86. The maximum Gasteiger partial charge on any atom is 0.255 e. The van der Waals surface area contributed by atoms with Crippen LogP contribution in [-0.4, -0.2) is 39.8 Å². The van der Waals surface area contributed by atoms with Crippen LogP contribution in [0.1, 0.15) is 34.6 Å². The second-order valence-corrected chi connectivity index (χ2v) is 6.43. The van der Waals surface area contributed by atoms with Crippen LogP contribution in [0.4, 0.5) is 5.82 Å². The van der Waals surface area contributed by atoms with Crippen LogP contribution in [0.25, 0.3) is 0 Å². The third-order valence-corrected chi connectivity index (χ3v) is 4.38. The molecule has 1 N–H and O–H groups in total. The first-order valence-electron chi connectivity index (χ1n) is 8.49. The van der Waals surface area contributed by atoms with Crippen molar-refractivity contribution in [3.63, 3.8) is 0 Å². The van der Waals surface area contributed by atoms with Crippen molar-refractivity contribution < 1.29 is 9.59 Å². The number of hydrogen-bond donors (Lipinski definition) is 1. The molecule has 6 nitrogen and oxygen atoms in total. The predicted molar refractivity (Wildman–Crippen MR) is 95.2 cm³/mol. The summed E-state index contributed by atoms with van der Waals surface area (Å²) in [6.45, 7) is 4.85. The minimum absolute atomic E-state index is 0.0707. The lowest BCUT2D eigenvalue weighted by molar-refractivity contribution is -0.121. The van der Waals surface area contributed by atoms with Gasteiger partial charge in [0.15, 0.2) is 0 Å². The zero-order valence-corrected chi connectivity index (χ0v) is 14.5. The summed E-state index contributed by atoms with van der Waals surface area (Å²) in [6, 6.07) is 9.12. The van der Waals surface area contributed by atoms with E-state index >= 15 is 0 Å². The molecule has 3 rings (SSSR count). The standard InChI is InChI=1S/C19H22N4O2/c1-13-8-9-15(11-20-13)19(25)23-10-4-6-16(12-23)18(24)22-17-7-3-5-14(2)21-17/h3,5,7-9,11,16H,4,6,10,12H2,1-2H3,(H,21,22,24)/t16-/m1/s1. The van der Waals surface area contributed by atoms with Gasteiger partial charge in [-0.05, 0) is 51.0 Å². The van der Waals surface area contributed by atoms with Gasteiger partial charge in [0.25, 0.3) is 5.91 Å². The minimum Gasteiger partial charge on any atom is -0.338 e. The molecule has 2 amide bonds. The lowest BCUT2D eigenvalue weighted by Crippen LogP contribution is -2.43. The van der Waals surface area contributed by atoms with E-state index in [0.29, 0.717) is 24.5 Å². The van der Waals surface area contributed by atoms with Gasteiger partial charge in [-0.15, -0.1) is 0 Å². The molecular formula is C19H22N4O2. The van der Waals surface area contributed by atoms with Gasteiger partial charge < -0.3 is 10.2 Å². The summed E-state index contributed by atoms with van der Waals surface area (Å²) in [7, 11) is 0. The molecule has 0 aliphatic carbocycles. The molecule has 1 saturated heterocycles. The van der Waals surface area contributed by atoms with Crippen LogP contribution < -0.4 is 5.32 Å². The topological polar surface area (TPSA) is 75.2 Å². The van der Waals surface area contributed by atoms with E-state index in [0.717, 1.165) is 24.2 Å². The number of carbonyl (C=O) groups excluding carboxylic acids is 2. The quantitative estimate of drug-likeness (QED) is 0.933. The molecule has 3 heterocycles. The first-order chi connectivity index (χ1) is 12.0. The zero-order chi connectivity index (χ0) is 17.8. The van der Waals surface area contributed by atoms with Gasteiger partial charge in [-0.25, -0.2) is 4.98 Å². The summed E-state index contributed by atoms with van der Waals surface area (Å²) < 4.78 is 0. The Morgan fingerprint density at radius 3 is 2.72 bits per heavy atom. The number of nitrogens with one attached hydrogen (secondary N) is 1. The Morgan fingerprint density at radius 2 is 2.00 bits per heavy atom.